The van der Waals surface area contributed by atoms with Crippen LogP contribution < -0.4 is 0 Å². The summed E-state index contributed by atoms with van der Waals surface area (Å²) in [7, 11) is 1.67. The molecule has 0 saturated carbocycles. The van der Waals surface area contributed by atoms with E-state index in [-0.39, 0.29) is 5.92 Å². The van der Waals surface area contributed by atoms with E-state index in [1.165, 1.54) is 0 Å². The number of piperidine rings is 1. The highest BCUT2D eigenvalue weighted by atomic mass is 16.5. The van der Waals surface area contributed by atoms with Crippen LogP contribution in [0.4, 0.5) is 0 Å². The normalized spacial score (nSPS) is 18.0. The van der Waals surface area contributed by atoms with Gasteiger partial charge < -0.3 is 13.8 Å². The molecule has 0 spiro atoms. The zero-order valence-electron chi connectivity index (χ0n) is 15.5. The topological polar surface area (TPSA) is 77.4 Å². The lowest BCUT2D eigenvalue weighted by atomic mass is 9.98. The van der Waals surface area contributed by atoms with Crippen molar-refractivity contribution in [3.8, 4) is 11.3 Å². The number of aromatic nitrogens is 3. The van der Waals surface area contributed by atoms with Crippen LogP contribution in [-0.2, 0) is 17.7 Å². The Morgan fingerprint density at radius 1 is 1.19 bits per heavy atom. The van der Waals surface area contributed by atoms with E-state index in [1.54, 1.807) is 7.11 Å². The van der Waals surface area contributed by atoms with Crippen LogP contribution >= 0.6 is 0 Å². The molecule has 0 amide bonds. The molecule has 1 saturated heterocycles. The maximum absolute atomic E-state index is 5.55. The van der Waals surface area contributed by atoms with Crippen LogP contribution in [-0.4, -0.2) is 47.0 Å². The summed E-state index contributed by atoms with van der Waals surface area (Å²) >= 11 is 0. The van der Waals surface area contributed by atoms with E-state index in [1.807, 2.05) is 36.4 Å². The molecular weight excluding hydrogens is 344 g/mol. The third-order valence-electron chi connectivity index (χ3n) is 4.88. The first-order valence-corrected chi connectivity index (χ1v) is 9.36. The summed E-state index contributed by atoms with van der Waals surface area (Å²) in [6, 6.07) is 12.1. The predicted octanol–water partition coefficient (Wildman–Crippen LogP) is 3.29. The molecule has 142 valence electrons. The molecule has 7 heteroatoms. The van der Waals surface area contributed by atoms with Crippen molar-refractivity contribution < 1.29 is 13.8 Å². The van der Waals surface area contributed by atoms with Gasteiger partial charge >= 0.3 is 0 Å². The largest absolute Gasteiger partial charge is 0.384 e. The molecule has 1 aromatic carbocycles. The number of nitrogens with zero attached hydrogens (tertiary/aromatic N) is 4. The van der Waals surface area contributed by atoms with Crippen molar-refractivity contribution in [2.24, 2.45) is 0 Å². The molecule has 1 aliphatic heterocycles. The maximum atomic E-state index is 5.55. The van der Waals surface area contributed by atoms with E-state index in [0.717, 1.165) is 55.4 Å². The predicted molar refractivity (Wildman–Crippen MR) is 99.1 cm³/mol. The van der Waals surface area contributed by atoms with Crippen LogP contribution in [0.25, 0.3) is 11.3 Å². The zero-order chi connectivity index (χ0) is 18.5. The van der Waals surface area contributed by atoms with Gasteiger partial charge in [0.05, 0.1) is 19.1 Å². The molecule has 1 unspecified atom stereocenters. The Bertz CT molecular complexity index is 846. The molecule has 3 aromatic rings. The SMILES string of the molecule is COCCc1noc(C2CCCN(Cc3cc(-c4ccccc4)no3)C2)n1. The average Bonchev–Trinajstić information content (AvgIpc) is 3.37. The van der Waals surface area contributed by atoms with Crippen molar-refractivity contribution in [1.82, 2.24) is 20.2 Å². The second kappa shape index (κ2) is 8.45. The number of likely N-dealkylation sites (tertiary alicyclic amines) is 1. The minimum absolute atomic E-state index is 0.263. The zero-order valence-corrected chi connectivity index (χ0v) is 15.5. The van der Waals surface area contributed by atoms with Gasteiger partial charge in [0.1, 0.15) is 5.69 Å². The third-order valence-corrected chi connectivity index (χ3v) is 4.88. The number of ether oxygens (including phenoxy) is 1. The third kappa shape index (κ3) is 4.43. The minimum atomic E-state index is 0.263. The van der Waals surface area contributed by atoms with Gasteiger partial charge in [-0.15, -0.1) is 0 Å². The highest BCUT2D eigenvalue weighted by Gasteiger charge is 2.26. The van der Waals surface area contributed by atoms with Gasteiger partial charge in [-0.1, -0.05) is 40.6 Å². The van der Waals surface area contributed by atoms with Crippen LogP contribution in [0, 0.1) is 0 Å². The first kappa shape index (κ1) is 17.9. The van der Waals surface area contributed by atoms with Gasteiger partial charge in [0, 0.05) is 31.7 Å². The van der Waals surface area contributed by atoms with E-state index in [0.29, 0.717) is 18.9 Å². The fourth-order valence-electron chi connectivity index (χ4n) is 3.48. The molecule has 0 aliphatic carbocycles. The van der Waals surface area contributed by atoms with Crippen molar-refractivity contribution >= 4 is 0 Å². The monoisotopic (exact) mass is 368 g/mol. The van der Waals surface area contributed by atoms with E-state index >= 15 is 0 Å². The molecule has 27 heavy (non-hydrogen) atoms. The van der Waals surface area contributed by atoms with Gasteiger partial charge in [-0.05, 0) is 19.4 Å². The van der Waals surface area contributed by atoms with Gasteiger partial charge in [0.2, 0.25) is 5.89 Å². The summed E-state index contributed by atoms with van der Waals surface area (Å²) in [5.41, 5.74) is 1.94. The van der Waals surface area contributed by atoms with Crippen molar-refractivity contribution in [2.45, 2.75) is 31.7 Å². The second-order valence-corrected chi connectivity index (χ2v) is 6.91. The molecule has 2 aromatic heterocycles. The van der Waals surface area contributed by atoms with E-state index in [9.17, 15) is 0 Å². The fraction of sp³-hybridized carbons (Fsp3) is 0.450. The van der Waals surface area contributed by atoms with Gasteiger partial charge in [0.15, 0.2) is 11.6 Å². The van der Waals surface area contributed by atoms with Crippen LogP contribution in [0.2, 0.25) is 0 Å². The molecule has 0 radical (unpaired) electrons. The van der Waals surface area contributed by atoms with E-state index in [4.69, 9.17) is 13.8 Å². The standard InChI is InChI=1S/C20H24N4O3/c1-25-11-9-19-21-20(27-23-19)16-8-5-10-24(13-16)14-17-12-18(22-26-17)15-6-3-2-4-7-15/h2-4,6-7,12,16H,5,8-11,13-14H2,1H3. The van der Waals surface area contributed by atoms with Crippen LogP contribution in [0.1, 0.15) is 36.2 Å². The summed E-state index contributed by atoms with van der Waals surface area (Å²) in [6.45, 7) is 3.25. The van der Waals surface area contributed by atoms with Crippen molar-refractivity contribution in [2.75, 3.05) is 26.8 Å². The van der Waals surface area contributed by atoms with Crippen molar-refractivity contribution in [3.63, 3.8) is 0 Å². The Kier molecular flexibility index (Phi) is 5.60. The highest BCUT2D eigenvalue weighted by Crippen LogP contribution is 2.27. The Morgan fingerprint density at radius 2 is 2.07 bits per heavy atom. The molecular formula is C20H24N4O3. The molecule has 0 bridgehead atoms. The Hall–Kier alpha value is -2.51. The number of hydrogen-bond acceptors (Lipinski definition) is 7. The van der Waals surface area contributed by atoms with E-state index in [2.05, 4.69) is 20.2 Å². The number of benzene rings is 1. The van der Waals surface area contributed by atoms with Gasteiger partial charge in [-0.2, -0.15) is 4.98 Å². The molecule has 4 rings (SSSR count). The number of hydrogen-bond donors (Lipinski definition) is 0. The smallest absolute Gasteiger partial charge is 0.231 e. The quantitative estimate of drug-likeness (QED) is 0.633. The maximum Gasteiger partial charge on any atom is 0.231 e. The summed E-state index contributed by atoms with van der Waals surface area (Å²) in [5, 5.41) is 8.27. The van der Waals surface area contributed by atoms with Crippen LogP contribution in [0.15, 0.2) is 45.4 Å². The molecule has 1 atom stereocenters. The minimum Gasteiger partial charge on any atom is -0.384 e. The van der Waals surface area contributed by atoms with E-state index < -0.39 is 0 Å². The number of methoxy groups -OCH3 is 1. The first-order chi connectivity index (χ1) is 13.3. The molecule has 1 fully saturated rings. The van der Waals surface area contributed by atoms with Crippen LogP contribution in [0.5, 0.6) is 0 Å². The Labute approximate surface area is 158 Å². The summed E-state index contributed by atoms with van der Waals surface area (Å²) in [6.07, 6.45) is 2.84. The summed E-state index contributed by atoms with van der Waals surface area (Å²) in [4.78, 5) is 6.90. The lowest BCUT2D eigenvalue weighted by Crippen LogP contribution is -2.33. The fourth-order valence-corrected chi connectivity index (χ4v) is 3.48. The molecule has 7 nitrogen and oxygen atoms in total. The van der Waals surface area contributed by atoms with Gasteiger partial charge in [0.25, 0.3) is 0 Å². The Balaban J connectivity index is 1.37. The van der Waals surface area contributed by atoms with Gasteiger partial charge in [-0.25, -0.2) is 0 Å². The van der Waals surface area contributed by atoms with Crippen LogP contribution in [0.3, 0.4) is 0 Å². The average molecular weight is 368 g/mol. The molecule has 1 aliphatic rings. The second-order valence-electron chi connectivity index (χ2n) is 6.91. The summed E-state index contributed by atoms with van der Waals surface area (Å²) < 4.78 is 16.1. The lowest BCUT2D eigenvalue weighted by molar-refractivity contribution is 0.164. The van der Waals surface area contributed by atoms with Gasteiger partial charge in [-0.3, -0.25) is 4.90 Å². The highest BCUT2D eigenvalue weighted by molar-refractivity contribution is 5.58. The molecule has 0 N–H and O–H groups in total. The number of rotatable bonds is 7. The molecule has 3 heterocycles. The van der Waals surface area contributed by atoms with Crippen molar-refractivity contribution in [1.29, 1.82) is 0 Å². The first-order valence-electron chi connectivity index (χ1n) is 9.36. The Morgan fingerprint density at radius 3 is 2.93 bits per heavy atom. The van der Waals surface area contributed by atoms with Crippen molar-refractivity contribution in [3.05, 3.63) is 53.9 Å². The lowest BCUT2D eigenvalue weighted by Gasteiger charge is -2.29. The summed E-state index contributed by atoms with van der Waals surface area (Å²) in [5.74, 6) is 2.58.